The quantitative estimate of drug-likeness (QED) is 0.0958. The van der Waals surface area contributed by atoms with Crippen LogP contribution in [0.2, 0.25) is 0 Å². The zero-order valence-corrected chi connectivity index (χ0v) is 24.6. The lowest BCUT2D eigenvalue weighted by Crippen LogP contribution is -2.45. The van der Waals surface area contributed by atoms with E-state index in [0.29, 0.717) is 43.0 Å². The van der Waals surface area contributed by atoms with Crippen LogP contribution in [0, 0.1) is 18.6 Å². The molecular formula is C31H37F2N7O2. The molecule has 0 saturated heterocycles. The first kappa shape index (κ1) is 31.9. The van der Waals surface area contributed by atoms with Gasteiger partial charge in [0.2, 0.25) is 12.8 Å². The SMILES string of the molecule is C=CCCN(C(=NC)c1cc(F)c(-c2cc(N)ccc2F)nc1N(C=O)c1c(C)ccnc1C(C)C)C(C)CNC=O. The van der Waals surface area contributed by atoms with Crippen molar-refractivity contribution in [3.8, 4) is 11.3 Å². The van der Waals surface area contributed by atoms with Crippen LogP contribution in [0.4, 0.5) is 26.0 Å². The number of hydrogen-bond acceptors (Lipinski definition) is 6. The summed E-state index contributed by atoms with van der Waals surface area (Å²) in [7, 11) is 1.55. The van der Waals surface area contributed by atoms with Crippen molar-refractivity contribution in [1.29, 1.82) is 0 Å². The minimum Gasteiger partial charge on any atom is -0.399 e. The van der Waals surface area contributed by atoms with Gasteiger partial charge in [-0.25, -0.2) is 13.8 Å². The highest BCUT2D eigenvalue weighted by atomic mass is 19.1. The van der Waals surface area contributed by atoms with E-state index in [2.05, 4.69) is 26.9 Å². The number of pyridine rings is 2. The van der Waals surface area contributed by atoms with E-state index in [0.717, 1.165) is 11.6 Å². The maximum atomic E-state index is 16.0. The molecule has 2 aromatic heterocycles. The summed E-state index contributed by atoms with van der Waals surface area (Å²) in [5.41, 5.74) is 7.68. The molecule has 222 valence electrons. The molecule has 0 saturated carbocycles. The van der Waals surface area contributed by atoms with E-state index in [4.69, 9.17) is 5.73 Å². The highest BCUT2D eigenvalue weighted by molar-refractivity contribution is 6.06. The van der Waals surface area contributed by atoms with Crippen LogP contribution in [0.5, 0.6) is 0 Å². The molecule has 1 atom stereocenters. The zero-order chi connectivity index (χ0) is 31.0. The molecule has 11 heteroatoms. The summed E-state index contributed by atoms with van der Waals surface area (Å²) in [4.78, 5) is 40.8. The van der Waals surface area contributed by atoms with Gasteiger partial charge in [0, 0.05) is 43.6 Å². The highest BCUT2D eigenvalue weighted by Gasteiger charge is 2.30. The normalized spacial score (nSPS) is 12.1. The summed E-state index contributed by atoms with van der Waals surface area (Å²) in [6.07, 6.45) is 5.12. The molecule has 0 aliphatic carbocycles. The van der Waals surface area contributed by atoms with E-state index in [9.17, 15) is 14.0 Å². The van der Waals surface area contributed by atoms with Crippen molar-refractivity contribution in [3.05, 3.63) is 77.6 Å². The fourth-order valence-corrected chi connectivity index (χ4v) is 4.75. The van der Waals surface area contributed by atoms with Gasteiger partial charge in [-0.05, 0) is 62.1 Å². The van der Waals surface area contributed by atoms with Crippen molar-refractivity contribution < 1.29 is 18.4 Å². The van der Waals surface area contributed by atoms with Gasteiger partial charge in [-0.15, -0.1) is 6.58 Å². The van der Waals surface area contributed by atoms with Gasteiger partial charge in [-0.2, -0.15) is 0 Å². The fourth-order valence-electron chi connectivity index (χ4n) is 4.75. The van der Waals surface area contributed by atoms with Gasteiger partial charge in [-0.1, -0.05) is 19.9 Å². The van der Waals surface area contributed by atoms with Crippen LogP contribution in [-0.2, 0) is 9.59 Å². The predicted octanol–water partition coefficient (Wildman–Crippen LogP) is 5.12. The monoisotopic (exact) mass is 577 g/mol. The molecule has 0 radical (unpaired) electrons. The van der Waals surface area contributed by atoms with Crippen molar-refractivity contribution in [3.63, 3.8) is 0 Å². The lowest BCUT2D eigenvalue weighted by molar-refractivity contribution is -0.109. The number of benzene rings is 1. The molecule has 0 spiro atoms. The molecule has 0 bridgehead atoms. The van der Waals surface area contributed by atoms with E-state index in [1.54, 1.807) is 25.4 Å². The summed E-state index contributed by atoms with van der Waals surface area (Å²) in [5, 5.41) is 2.67. The lowest BCUT2D eigenvalue weighted by atomic mass is 10.0. The van der Waals surface area contributed by atoms with Gasteiger partial charge >= 0.3 is 0 Å². The minimum atomic E-state index is -0.834. The second-order valence-corrected chi connectivity index (χ2v) is 10.1. The van der Waals surface area contributed by atoms with Gasteiger partial charge in [0.25, 0.3) is 0 Å². The standard InChI is InChI=1S/C31H37F2N7O2/c1-7-8-13-39(21(5)16-36-17-41)30(35-6)24-15-26(33)28(23-14-22(34)9-10-25(23)32)38-31(24)40(18-42)29-20(4)11-12-37-27(29)19(2)3/h7,9-12,14-15,17-19,21H,1,8,13,16,34H2,2-6H3,(H,36,41). The maximum absolute atomic E-state index is 16.0. The number of carbonyl (C=O) groups excluding carboxylic acids is 2. The van der Waals surface area contributed by atoms with Crippen molar-refractivity contribution in [2.45, 2.75) is 46.1 Å². The van der Waals surface area contributed by atoms with E-state index in [1.807, 2.05) is 32.6 Å². The third-order valence-electron chi connectivity index (χ3n) is 6.80. The molecule has 1 unspecified atom stereocenters. The summed E-state index contributed by atoms with van der Waals surface area (Å²) in [6.45, 7) is 12.1. The number of nitrogens with two attached hydrogens (primary N) is 1. The Balaban J connectivity index is 2.41. The third kappa shape index (κ3) is 6.79. The van der Waals surface area contributed by atoms with Gasteiger partial charge in [0.05, 0.1) is 16.9 Å². The predicted molar refractivity (Wildman–Crippen MR) is 163 cm³/mol. The molecule has 2 heterocycles. The average molecular weight is 578 g/mol. The molecule has 2 amide bonds. The van der Waals surface area contributed by atoms with E-state index in [1.165, 1.54) is 23.1 Å². The lowest BCUT2D eigenvalue weighted by Gasteiger charge is -2.34. The highest BCUT2D eigenvalue weighted by Crippen LogP contribution is 2.37. The number of nitrogens with one attached hydrogen (secondary N) is 1. The van der Waals surface area contributed by atoms with Crippen LogP contribution in [-0.4, -0.2) is 59.7 Å². The van der Waals surface area contributed by atoms with Gasteiger partial charge in [0.1, 0.15) is 23.2 Å². The Labute approximate surface area is 245 Å². The molecule has 0 aliphatic heterocycles. The molecule has 3 N–H and O–H groups in total. The van der Waals surface area contributed by atoms with Crippen molar-refractivity contribution in [1.82, 2.24) is 20.2 Å². The number of aliphatic imine (C=N–C) groups is 1. The largest absolute Gasteiger partial charge is 0.399 e. The van der Waals surface area contributed by atoms with Gasteiger partial charge < -0.3 is 16.0 Å². The number of amidine groups is 1. The number of halogens is 2. The molecule has 9 nitrogen and oxygen atoms in total. The van der Waals surface area contributed by atoms with Crippen LogP contribution in [0.1, 0.15) is 49.9 Å². The van der Waals surface area contributed by atoms with Crippen molar-refractivity contribution in [2.24, 2.45) is 4.99 Å². The molecule has 3 rings (SSSR count). The number of nitrogen functional groups attached to an aromatic ring is 1. The van der Waals surface area contributed by atoms with Crippen LogP contribution in [0.15, 0.2) is 54.2 Å². The number of rotatable bonds is 13. The Bertz CT molecular complexity index is 1480. The number of amides is 2. The number of aromatic nitrogens is 2. The van der Waals surface area contributed by atoms with Crippen molar-refractivity contribution >= 4 is 35.8 Å². The molecule has 0 aliphatic rings. The Kier molecular flexibility index (Phi) is 10.8. The first-order chi connectivity index (χ1) is 20.1. The zero-order valence-electron chi connectivity index (χ0n) is 24.6. The summed E-state index contributed by atoms with van der Waals surface area (Å²) in [5.74, 6) is -1.29. The van der Waals surface area contributed by atoms with E-state index in [-0.39, 0.29) is 46.8 Å². The molecular weight excluding hydrogens is 540 g/mol. The molecule has 0 fully saturated rings. The van der Waals surface area contributed by atoms with Crippen molar-refractivity contribution in [2.75, 3.05) is 30.8 Å². The number of nitrogens with zero attached hydrogens (tertiary/aromatic N) is 5. The second kappa shape index (κ2) is 14.3. The van der Waals surface area contributed by atoms with Crippen LogP contribution >= 0.6 is 0 Å². The van der Waals surface area contributed by atoms with Crippen LogP contribution in [0.3, 0.4) is 0 Å². The number of carbonyl (C=O) groups is 2. The third-order valence-corrected chi connectivity index (χ3v) is 6.80. The molecule has 3 aromatic rings. The van der Waals surface area contributed by atoms with Crippen LogP contribution < -0.4 is 16.0 Å². The number of anilines is 3. The minimum absolute atomic E-state index is 0.0287. The molecule has 1 aromatic carbocycles. The maximum Gasteiger partial charge on any atom is 0.219 e. The number of hydrogen-bond donors (Lipinski definition) is 2. The Hall–Kier alpha value is -4.67. The Morgan fingerprint density at radius 1 is 1.17 bits per heavy atom. The summed E-state index contributed by atoms with van der Waals surface area (Å²) < 4.78 is 31.0. The Morgan fingerprint density at radius 2 is 1.90 bits per heavy atom. The smallest absolute Gasteiger partial charge is 0.219 e. The fraction of sp³-hybridized carbons (Fsp3) is 0.323. The number of aryl methyl sites for hydroxylation is 1. The average Bonchev–Trinajstić information content (AvgIpc) is 2.96. The first-order valence-corrected chi connectivity index (χ1v) is 13.6. The second-order valence-electron chi connectivity index (χ2n) is 10.1. The van der Waals surface area contributed by atoms with Gasteiger partial charge in [0.15, 0.2) is 5.82 Å². The Morgan fingerprint density at radius 3 is 2.52 bits per heavy atom. The van der Waals surface area contributed by atoms with E-state index >= 15 is 4.39 Å². The summed E-state index contributed by atoms with van der Waals surface area (Å²) >= 11 is 0. The van der Waals surface area contributed by atoms with Crippen LogP contribution in [0.25, 0.3) is 11.3 Å². The van der Waals surface area contributed by atoms with Gasteiger partial charge in [-0.3, -0.25) is 24.5 Å². The molecule has 42 heavy (non-hydrogen) atoms. The first-order valence-electron chi connectivity index (χ1n) is 13.6. The van der Waals surface area contributed by atoms with E-state index < -0.39 is 11.6 Å². The topological polar surface area (TPSA) is 117 Å². The summed E-state index contributed by atoms with van der Waals surface area (Å²) in [6, 6.07) is 6.47.